The fraction of sp³-hybridized carbons (Fsp3) is 0.133. The Morgan fingerprint density at radius 2 is 1.92 bits per heavy atom. The maximum Gasteiger partial charge on any atom is 0.433 e. The van der Waals surface area contributed by atoms with Crippen LogP contribution in [-0.2, 0) is 16.0 Å². The molecule has 1 aromatic heterocycles. The van der Waals surface area contributed by atoms with Gasteiger partial charge >= 0.3 is 6.18 Å². The highest BCUT2D eigenvalue weighted by Crippen LogP contribution is 2.29. The molecule has 0 fully saturated rings. The number of hydrogen-bond donors (Lipinski definition) is 1. The van der Waals surface area contributed by atoms with Crippen molar-refractivity contribution in [2.45, 2.75) is 11.1 Å². The molecule has 0 unspecified atom stereocenters. The van der Waals surface area contributed by atoms with E-state index in [-0.39, 0.29) is 21.7 Å². The Balaban J connectivity index is 2.44. The summed E-state index contributed by atoms with van der Waals surface area (Å²) in [5, 5.41) is 11.1. The highest BCUT2D eigenvalue weighted by atomic mass is 32.2. The van der Waals surface area contributed by atoms with Crippen LogP contribution in [0.15, 0.2) is 41.4 Å². The molecule has 2 aromatic rings. The second kappa shape index (κ2) is 6.52. The van der Waals surface area contributed by atoms with E-state index in [1.54, 1.807) is 6.07 Å². The van der Waals surface area contributed by atoms with Crippen molar-refractivity contribution in [2.75, 3.05) is 11.6 Å². The Morgan fingerprint density at radius 3 is 2.48 bits per heavy atom. The molecule has 0 radical (unpaired) electrons. The Bertz CT molecular complexity index is 979. The average Bonchev–Trinajstić information content (AvgIpc) is 2.52. The lowest BCUT2D eigenvalue weighted by atomic mass is 10.1. The van der Waals surface area contributed by atoms with Crippen LogP contribution >= 0.6 is 0 Å². The first-order valence-corrected chi connectivity index (χ1v) is 8.50. The van der Waals surface area contributed by atoms with Crippen molar-refractivity contribution in [2.24, 2.45) is 0 Å². The summed E-state index contributed by atoms with van der Waals surface area (Å²) < 4.78 is 61.5. The van der Waals surface area contributed by atoms with Crippen LogP contribution in [0.1, 0.15) is 21.6 Å². The van der Waals surface area contributed by atoms with Gasteiger partial charge in [-0.2, -0.15) is 18.4 Å². The van der Waals surface area contributed by atoms with Gasteiger partial charge in [-0.3, -0.25) is 9.78 Å². The summed E-state index contributed by atoms with van der Waals surface area (Å²) in [5.41, 5.74) is -1.73. The van der Waals surface area contributed by atoms with Crippen molar-refractivity contribution >= 4 is 21.4 Å². The number of anilines is 1. The van der Waals surface area contributed by atoms with Gasteiger partial charge in [0.05, 0.1) is 22.1 Å². The molecule has 1 amide bonds. The van der Waals surface area contributed by atoms with E-state index in [9.17, 15) is 26.4 Å². The molecule has 25 heavy (non-hydrogen) atoms. The highest BCUT2D eigenvalue weighted by Gasteiger charge is 2.32. The van der Waals surface area contributed by atoms with Gasteiger partial charge in [-0.25, -0.2) is 8.42 Å². The molecular weight excluding hydrogens is 359 g/mol. The third kappa shape index (κ3) is 4.33. The number of aromatic nitrogens is 1. The molecule has 10 heteroatoms. The number of pyridine rings is 1. The molecule has 0 saturated carbocycles. The minimum Gasteiger partial charge on any atom is -0.322 e. The van der Waals surface area contributed by atoms with Gasteiger partial charge in [0.2, 0.25) is 0 Å². The Morgan fingerprint density at radius 1 is 1.24 bits per heavy atom. The molecule has 0 saturated heterocycles. The second-order valence-electron chi connectivity index (χ2n) is 4.98. The van der Waals surface area contributed by atoms with Crippen LogP contribution in [0.3, 0.4) is 0 Å². The first kappa shape index (κ1) is 18.4. The van der Waals surface area contributed by atoms with Gasteiger partial charge < -0.3 is 5.32 Å². The summed E-state index contributed by atoms with van der Waals surface area (Å²) in [6, 6.07) is 6.87. The van der Waals surface area contributed by atoms with Gasteiger partial charge in [0.1, 0.15) is 5.69 Å². The minimum atomic E-state index is -4.70. The molecule has 1 heterocycles. The largest absolute Gasteiger partial charge is 0.433 e. The number of carbonyl (C=O) groups is 1. The fourth-order valence-electron chi connectivity index (χ4n) is 1.96. The lowest BCUT2D eigenvalue weighted by Gasteiger charge is -2.11. The van der Waals surface area contributed by atoms with Gasteiger partial charge in [0.25, 0.3) is 5.91 Å². The van der Waals surface area contributed by atoms with Crippen molar-refractivity contribution in [3.8, 4) is 6.07 Å². The number of nitriles is 1. The smallest absolute Gasteiger partial charge is 0.322 e. The summed E-state index contributed by atoms with van der Waals surface area (Å²) in [5.74, 6) is -0.961. The Labute approximate surface area is 140 Å². The third-order valence-corrected chi connectivity index (χ3v) is 4.22. The molecule has 0 bridgehead atoms. The predicted octanol–water partition coefficient (Wildman–Crippen LogP) is 2.63. The molecule has 0 spiro atoms. The van der Waals surface area contributed by atoms with Gasteiger partial charge in [-0.1, -0.05) is 0 Å². The number of carbonyl (C=O) groups excluding carboxylic acids is 1. The molecule has 0 atom stereocenters. The number of nitrogens with zero attached hydrogens (tertiary/aromatic N) is 2. The Hall–Kier alpha value is -2.93. The maximum atomic E-state index is 12.7. The van der Waals surface area contributed by atoms with Crippen LogP contribution in [-0.4, -0.2) is 25.6 Å². The van der Waals surface area contributed by atoms with Crippen LogP contribution in [0.2, 0.25) is 0 Å². The Kier molecular flexibility index (Phi) is 4.80. The first-order chi connectivity index (χ1) is 11.5. The van der Waals surface area contributed by atoms with Gasteiger partial charge in [-0.15, -0.1) is 0 Å². The molecule has 6 nitrogen and oxygen atoms in total. The van der Waals surface area contributed by atoms with E-state index in [1.807, 2.05) is 0 Å². The lowest BCUT2D eigenvalue weighted by molar-refractivity contribution is -0.141. The van der Waals surface area contributed by atoms with E-state index in [0.29, 0.717) is 6.07 Å². The second-order valence-corrected chi connectivity index (χ2v) is 6.96. The third-order valence-electron chi connectivity index (χ3n) is 3.06. The first-order valence-electron chi connectivity index (χ1n) is 6.61. The summed E-state index contributed by atoms with van der Waals surface area (Å²) in [6.07, 6.45) is -2.96. The number of hydrogen-bond acceptors (Lipinski definition) is 5. The van der Waals surface area contributed by atoms with Crippen molar-refractivity contribution in [1.29, 1.82) is 5.26 Å². The summed E-state index contributed by atoms with van der Waals surface area (Å²) in [7, 11) is -3.79. The standard InChI is InChI=1S/C15H10F3N3O3S/c1-25(23,24)12-3-2-9(8-19)6-11(12)14(22)21-10-4-5-20-13(7-10)15(16,17)18/h2-7H,1H3,(H,20,21,22). The summed E-state index contributed by atoms with van der Waals surface area (Å²) in [6.45, 7) is 0. The molecule has 130 valence electrons. The van der Waals surface area contributed by atoms with E-state index in [4.69, 9.17) is 5.26 Å². The minimum absolute atomic E-state index is 0.0308. The highest BCUT2D eigenvalue weighted by molar-refractivity contribution is 7.90. The monoisotopic (exact) mass is 369 g/mol. The molecule has 1 N–H and O–H groups in total. The SMILES string of the molecule is CS(=O)(=O)c1ccc(C#N)cc1C(=O)Nc1ccnc(C(F)(F)F)c1. The number of nitrogens with one attached hydrogen (secondary N) is 1. The molecule has 1 aromatic carbocycles. The molecular formula is C15H10F3N3O3S. The molecule has 0 aliphatic rings. The van der Waals surface area contributed by atoms with Crippen LogP contribution in [0.25, 0.3) is 0 Å². The predicted molar refractivity (Wildman–Crippen MR) is 81.5 cm³/mol. The van der Waals surface area contributed by atoms with Crippen LogP contribution in [0.5, 0.6) is 0 Å². The van der Waals surface area contributed by atoms with Crippen molar-refractivity contribution in [1.82, 2.24) is 4.98 Å². The maximum absolute atomic E-state index is 12.7. The van der Waals surface area contributed by atoms with Crippen LogP contribution in [0.4, 0.5) is 18.9 Å². The van der Waals surface area contributed by atoms with Gasteiger partial charge in [0, 0.05) is 18.1 Å². The van der Waals surface area contributed by atoms with Crippen LogP contribution in [0, 0.1) is 11.3 Å². The van der Waals surface area contributed by atoms with E-state index < -0.39 is 27.6 Å². The fourth-order valence-corrected chi connectivity index (χ4v) is 2.83. The zero-order valence-corrected chi connectivity index (χ0v) is 13.4. The molecule has 0 aliphatic carbocycles. The number of rotatable bonds is 3. The van der Waals surface area contributed by atoms with Crippen molar-refractivity contribution in [3.63, 3.8) is 0 Å². The van der Waals surface area contributed by atoms with Crippen molar-refractivity contribution in [3.05, 3.63) is 53.3 Å². The normalized spacial score (nSPS) is 11.6. The van der Waals surface area contributed by atoms with Crippen LogP contribution < -0.4 is 5.32 Å². The average molecular weight is 369 g/mol. The number of alkyl halides is 3. The van der Waals surface area contributed by atoms with E-state index >= 15 is 0 Å². The quantitative estimate of drug-likeness (QED) is 0.896. The van der Waals surface area contributed by atoms with E-state index in [0.717, 1.165) is 30.7 Å². The molecule has 0 aliphatic heterocycles. The number of sulfone groups is 1. The molecule has 2 rings (SSSR count). The van der Waals surface area contributed by atoms with Gasteiger partial charge in [0.15, 0.2) is 9.84 Å². The van der Waals surface area contributed by atoms with Crippen molar-refractivity contribution < 1.29 is 26.4 Å². The summed E-state index contributed by atoms with van der Waals surface area (Å²) in [4.78, 5) is 15.1. The zero-order valence-electron chi connectivity index (χ0n) is 12.6. The summed E-state index contributed by atoms with van der Waals surface area (Å²) >= 11 is 0. The van der Waals surface area contributed by atoms with E-state index in [1.165, 1.54) is 6.07 Å². The lowest BCUT2D eigenvalue weighted by Crippen LogP contribution is -2.17. The number of benzene rings is 1. The number of halogens is 3. The number of amides is 1. The van der Waals surface area contributed by atoms with Gasteiger partial charge in [-0.05, 0) is 30.3 Å². The topological polar surface area (TPSA) is 99.9 Å². The zero-order chi connectivity index (χ0) is 18.8. The van der Waals surface area contributed by atoms with E-state index in [2.05, 4.69) is 10.3 Å².